The van der Waals surface area contributed by atoms with Gasteiger partial charge in [-0.15, -0.1) is 0 Å². The van der Waals surface area contributed by atoms with Crippen molar-refractivity contribution in [2.24, 2.45) is 11.8 Å². The lowest BCUT2D eigenvalue weighted by atomic mass is 9.84. The zero-order valence-electron chi connectivity index (χ0n) is 24.0. The summed E-state index contributed by atoms with van der Waals surface area (Å²) >= 11 is 0. The molecule has 1 saturated carbocycles. The molecule has 3 atom stereocenters. The number of anilines is 2. The van der Waals surface area contributed by atoms with E-state index in [1.807, 2.05) is 18.9 Å². The monoisotopic (exact) mass is 561 g/mol. The standard InChI is InChI=1S/C31H45F2N3O4/c1-3-39-15-8-16-40-31(22-12-13-25(32)26(33)18-22)23-11-7-14-36(20-23)28-27(29(37)30(28)38)35-24(19-34-2)17-21-9-5-4-6-10-21/h12-13,18,21,23-24,31,34-35H,3-11,14-17,19-20H2,1-2H3. The fourth-order valence-electron chi connectivity index (χ4n) is 6.45. The molecule has 0 aromatic heterocycles. The molecule has 4 rings (SSSR count). The van der Waals surface area contributed by atoms with Gasteiger partial charge in [-0.05, 0) is 63.3 Å². The van der Waals surface area contributed by atoms with Crippen molar-refractivity contribution in [3.05, 3.63) is 55.8 Å². The number of piperidine rings is 1. The van der Waals surface area contributed by atoms with Crippen LogP contribution in [0.15, 0.2) is 27.8 Å². The molecule has 2 fully saturated rings. The van der Waals surface area contributed by atoms with Crippen LogP contribution in [0.1, 0.15) is 76.4 Å². The summed E-state index contributed by atoms with van der Waals surface area (Å²) in [7, 11) is 1.90. The van der Waals surface area contributed by atoms with Crippen LogP contribution in [-0.4, -0.2) is 52.5 Å². The number of rotatable bonds is 15. The molecule has 1 aliphatic heterocycles. The average molecular weight is 562 g/mol. The highest BCUT2D eigenvalue weighted by Crippen LogP contribution is 2.36. The Balaban J connectivity index is 1.49. The van der Waals surface area contributed by atoms with Crippen LogP contribution in [0, 0.1) is 23.5 Å². The van der Waals surface area contributed by atoms with Crippen LogP contribution >= 0.6 is 0 Å². The van der Waals surface area contributed by atoms with Crippen molar-refractivity contribution >= 4 is 11.4 Å². The molecule has 2 aliphatic rings. The molecule has 222 valence electrons. The van der Waals surface area contributed by atoms with Crippen molar-refractivity contribution in [1.82, 2.24) is 5.32 Å². The number of likely N-dealkylation sites (N-methyl/N-ethyl adjacent to an activating group) is 1. The highest BCUT2D eigenvalue weighted by molar-refractivity contribution is 5.75. The lowest BCUT2D eigenvalue weighted by Crippen LogP contribution is -2.49. The molecule has 1 heterocycles. The molecule has 1 aliphatic carbocycles. The number of nitrogens with one attached hydrogen (secondary N) is 2. The fraction of sp³-hybridized carbons (Fsp3) is 0.677. The van der Waals surface area contributed by atoms with E-state index in [2.05, 4.69) is 10.6 Å². The first-order valence-electron chi connectivity index (χ1n) is 15.1. The Hall–Kier alpha value is -2.36. The van der Waals surface area contributed by atoms with Crippen molar-refractivity contribution < 1.29 is 18.3 Å². The largest absolute Gasteiger partial charge is 0.382 e. The molecule has 9 heteroatoms. The van der Waals surface area contributed by atoms with Gasteiger partial charge >= 0.3 is 0 Å². The minimum absolute atomic E-state index is 0.0571. The number of benzene rings is 1. The third-order valence-electron chi connectivity index (χ3n) is 8.44. The number of hydrogen-bond donors (Lipinski definition) is 2. The van der Waals surface area contributed by atoms with Gasteiger partial charge in [0.25, 0.3) is 10.9 Å². The van der Waals surface area contributed by atoms with Crippen LogP contribution in [0.3, 0.4) is 0 Å². The van der Waals surface area contributed by atoms with Gasteiger partial charge in [0.1, 0.15) is 11.4 Å². The summed E-state index contributed by atoms with van der Waals surface area (Å²) in [4.78, 5) is 27.6. The summed E-state index contributed by atoms with van der Waals surface area (Å²) in [5, 5.41) is 6.68. The Bertz CT molecular complexity index is 1150. The number of ether oxygens (including phenoxy) is 2. The van der Waals surface area contributed by atoms with Gasteiger partial charge in [0.2, 0.25) is 0 Å². The SMILES string of the molecule is CCOCCCOC(c1ccc(F)c(F)c1)C1CCCN(c2c(NC(CNC)CC3CCCCC3)c(=O)c2=O)C1. The second-order valence-electron chi connectivity index (χ2n) is 11.4. The van der Waals surface area contributed by atoms with E-state index in [4.69, 9.17) is 9.47 Å². The molecule has 0 spiro atoms. The van der Waals surface area contributed by atoms with E-state index in [0.29, 0.717) is 68.7 Å². The van der Waals surface area contributed by atoms with Gasteiger partial charge in [0.05, 0.1) is 6.10 Å². The van der Waals surface area contributed by atoms with Crippen LogP contribution < -0.4 is 26.4 Å². The molecule has 40 heavy (non-hydrogen) atoms. The van der Waals surface area contributed by atoms with Crippen molar-refractivity contribution in [1.29, 1.82) is 0 Å². The molecule has 2 aromatic rings. The van der Waals surface area contributed by atoms with Crippen molar-refractivity contribution in [2.45, 2.75) is 76.9 Å². The van der Waals surface area contributed by atoms with E-state index in [0.717, 1.165) is 25.3 Å². The molecular weight excluding hydrogens is 516 g/mol. The Labute approximate surface area is 236 Å². The Kier molecular flexibility index (Phi) is 11.5. The van der Waals surface area contributed by atoms with Crippen LogP contribution in [0.2, 0.25) is 0 Å². The van der Waals surface area contributed by atoms with Gasteiger partial charge < -0.3 is 25.0 Å². The quantitative estimate of drug-likeness (QED) is 0.236. The molecule has 0 radical (unpaired) electrons. The van der Waals surface area contributed by atoms with Crippen LogP contribution in [0.25, 0.3) is 0 Å². The smallest absolute Gasteiger partial charge is 0.253 e. The van der Waals surface area contributed by atoms with Gasteiger partial charge in [-0.2, -0.15) is 0 Å². The molecule has 3 unspecified atom stereocenters. The lowest BCUT2D eigenvalue weighted by molar-refractivity contribution is -0.00485. The summed E-state index contributed by atoms with van der Waals surface area (Å²) in [6.45, 7) is 5.40. The molecule has 2 N–H and O–H groups in total. The molecular formula is C31H45F2N3O4. The molecule has 2 aromatic carbocycles. The van der Waals surface area contributed by atoms with Gasteiger partial charge in [0.15, 0.2) is 11.6 Å². The van der Waals surface area contributed by atoms with Gasteiger partial charge in [-0.1, -0.05) is 38.2 Å². The first-order chi connectivity index (χ1) is 19.4. The van der Waals surface area contributed by atoms with E-state index in [1.165, 1.54) is 38.2 Å². The molecule has 0 bridgehead atoms. The first-order valence-corrected chi connectivity index (χ1v) is 15.1. The summed E-state index contributed by atoms with van der Waals surface area (Å²) in [6, 6.07) is 3.98. The normalized spacial score (nSPS) is 20.1. The van der Waals surface area contributed by atoms with Crippen molar-refractivity contribution in [3.8, 4) is 0 Å². The van der Waals surface area contributed by atoms with Crippen molar-refractivity contribution in [3.63, 3.8) is 0 Å². The van der Waals surface area contributed by atoms with E-state index in [9.17, 15) is 18.4 Å². The summed E-state index contributed by atoms with van der Waals surface area (Å²) in [5.41, 5.74) is 0.549. The fourth-order valence-corrected chi connectivity index (χ4v) is 6.45. The predicted octanol–water partition coefficient (Wildman–Crippen LogP) is 4.93. The number of halogens is 2. The van der Waals surface area contributed by atoms with Crippen molar-refractivity contribution in [2.75, 3.05) is 56.7 Å². The minimum atomic E-state index is -0.907. The van der Waals surface area contributed by atoms with Gasteiger partial charge in [-0.25, -0.2) is 8.78 Å². The Morgan fingerprint density at radius 3 is 2.55 bits per heavy atom. The highest BCUT2D eigenvalue weighted by atomic mass is 19.2. The second-order valence-corrected chi connectivity index (χ2v) is 11.4. The zero-order chi connectivity index (χ0) is 28.5. The van der Waals surface area contributed by atoms with Crippen LogP contribution in [-0.2, 0) is 9.47 Å². The predicted molar refractivity (Wildman–Crippen MR) is 155 cm³/mol. The minimum Gasteiger partial charge on any atom is -0.382 e. The van der Waals surface area contributed by atoms with Gasteiger partial charge in [-0.3, -0.25) is 9.59 Å². The van der Waals surface area contributed by atoms with Crippen LogP contribution in [0.5, 0.6) is 0 Å². The van der Waals surface area contributed by atoms with Crippen LogP contribution in [0.4, 0.5) is 20.2 Å². The van der Waals surface area contributed by atoms with E-state index in [1.54, 1.807) is 6.07 Å². The Morgan fingerprint density at radius 1 is 1.02 bits per heavy atom. The maximum atomic E-state index is 14.2. The lowest BCUT2D eigenvalue weighted by Gasteiger charge is -2.39. The number of nitrogens with zero attached hydrogens (tertiary/aromatic N) is 1. The topological polar surface area (TPSA) is 79.9 Å². The third kappa shape index (κ3) is 7.68. The average Bonchev–Trinajstić information content (AvgIpc) is 2.97. The maximum Gasteiger partial charge on any atom is 0.253 e. The summed E-state index contributed by atoms with van der Waals surface area (Å²) in [6.07, 6.45) is 9.02. The maximum absolute atomic E-state index is 14.2. The highest BCUT2D eigenvalue weighted by Gasteiger charge is 2.35. The first kappa shape index (κ1) is 30.6. The second kappa shape index (κ2) is 15.0. The van der Waals surface area contributed by atoms with E-state index >= 15 is 0 Å². The van der Waals surface area contributed by atoms with E-state index < -0.39 is 28.6 Å². The van der Waals surface area contributed by atoms with E-state index in [-0.39, 0.29) is 12.0 Å². The van der Waals surface area contributed by atoms with Gasteiger partial charge in [0, 0.05) is 51.4 Å². The third-order valence-corrected chi connectivity index (χ3v) is 8.44. The zero-order valence-corrected chi connectivity index (χ0v) is 24.0. The molecule has 7 nitrogen and oxygen atoms in total. The summed E-state index contributed by atoms with van der Waals surface area (Å²) in [5.74, 6) is -1.23. The summed E-state index contributed by atoms with van der Waals surface area (Å²) < 4.78 is 39.6. The number of hydrogen-bond acceptors (Lipinski definition) is 7. The molecule has 0 amide bonds. The Morgan fingerprint density at radius 2 is 1.82 bits per heavy atom. The molecule has 1 saturated heterocycles.